The molecule has 1 aliphatic rings. The van der Waals surface area contributed by atoms with Gasteiger partial charge in [-0.25, -0.2) is 9.59 Å². The summed E-state index contributed by atoms with van der Waals surface area (Å²) >= 11 is 0. The van der Waals surface area contributed by atoms with E-state index in [0.29, 0.717) is 42.5 Å². The first kappa shape index (κ1) is 23.1. The summed E-state index contributed by atoms with van der Waals surface area (Å²) in [4.78, 5) is 44.0. The highest BCUT2D eigenvalue weighted by atomic mass is 16.7. The van der Waals surface area contributed by atoms with Crippen LogP contribution in [-0.4, -0.2) is 64.6 Å². The van der Waals surface area contributed by atoms with Gasteiger partial charge in [0.1, 0.15) is 6.61 Å². The van der Waals surface area contributed by atoms with Crippen LogP contribution in [-0.2, 0) is 36.9 Å². The number of carbonyl (C=O) groups excluding carboxylic acids is 2. The van der Waals surface area contributed by atoms with Gasteiger partial charge < -0.3 is 35.4 Å². The summed E-state index contributed by atoms with van der Waals surface area (Å²) in [6, 6.07) is 4.83. The van der Waals surface area contributed by atoms with Gasteiger partial charge in [0, 0.05) is 12.1 Å². The van der Waals surface area contributed by atoms with Gasteiger partial charge >= 0.3 is 12.1 Å². The number of ether oxygens (including phenoxy) is 2. The lowest BCUT2D eigenvalue weighted by Gasteiger charge is -2.31. The number of hydrogen-bond acceptors (Lipinski definition) is 7. The molecule has 0 bridgehead atoms. The molecule has 5 N–H and O–H groups in total. The fraction of sp³-hybridized carbons (Fsp3) is 0.474. The van der Waals surface area contributed by atoms with Crippen LogP contribution in [0.4, 0.5) is 10.5 Å². The highest BCUT2D eigenvalue weighted by Gasteiger charge is 2.32. The van der Waals surface area contributed by atoms with Crippen LogP contribution >= 0.6 is 0 Å². The maximum atomic E-state index is 11.8. The molecule has 11 nitrogen and oxygen atoms in total. The zero-order chi connectivity index (χ0) is 22.1. The van der Waals surface area contributed by atoms with Crippen molar-refractivity contribution in [3.8, 4) is 0 Å². The van der Waals surface area contributed by atoms with Crippen molar-refractivity contribution in [2.24, 2.45) is 0 Å². The first-order valence-corrected chi connectivity index (χ1v) is 9.29. The molecule has 3 unspecified atom stereocenters. The molecule has 11 heteroatoms. The second-order valence-corrected chi connectivity index (χ2v) is 6.83. The molecule has 1 aliphatic heterocycles. The maximum absolute atomic E-state index is 11.8. The van der Waals surface area contributed by atoms with Gasteiger partial charge in [0.15, 0.2) is 6.10 Å². The number of amides is 2. The smallest absolute Gasteiger partial charge is 0.479 e. The first-order chi connectivity index (χ1) is 14.3. The van der Waals surface area contributed by atoms with E-state index in [1.807, 2.05) is 0 Å². The Bertz CT molecular complexity index is 783. The molecule has 164 valence electrons. The van der Waals surface area contributed by atoms with E-state index in [1.54, 1.807) is 18.2 Å². The number of carboxylic acid groups (broad SMARTS) is 2. The molecule has 2 rings (SSSR count). The molecular weight excluding hydrogens is 400 g/mol. The third kappa shape index (κ3) is 7.33. The molecule has 0 spiro atoms. The van der Waals surface area contributed by atoms with Gasteiger partial charge in [-0.2, -0.15) is 0 Å². The largest absolute Gasteiger partial charge is 0.506 e. The van der Waals surface area contributed by atoms with Crippen molar-refractivity contribution in [1.29, 1.82) is 0 Å². The van der Waals surface area contributed by atoms with Gasteiger partial charge in [-0.1, -0.05) is 6.07 Å². The molecular formula is C19H24N2O9. The summed E-state index contributed by atoms with van der Waals surface area (Å²) < 4.78 is 10.2. The van der Waals surface area contributed by atoms with Crippen LogP contribution in [0.1, 0.15) is 30.4 Å². The summed E-state index contributed by atoms with van der Waals surface area (Å²) in [6.07, 6.45) is -2.30. The van der Waals surface area contributed by atoms with E-state index in [-0.39, 0.29) is 19.6 Å². The summed E-state index contributed by atoms with van der Waals surface area (Å²) in [5.74, 6) is -1.58. The third-order valence-corrected chi connectivity index (χ3v) is 4.58. The number of nitrogens with one attached hydrogen (secondary N) is 2. The van der Waals surface area contributed by atoms with Crippen molar-refractivity contribution in [3.05, 3.63) is 29.3 Å². The topological polar surface area (TPSA) is 171 Å². The van der Waals surface area contributed by atoms with Crippen LogP contribution in [0.2, 0.25) is 0 Å². The quantitative estimate of drug-likeness (QED) is 0.265. The molecule has 2 amide bonds. The van der Waals surface area contributed by atoms with Crippen molar-refractivity contribution < 1.29 is 44.0 Å². The molecule has 0 aliphatic carbocycles. The fourth-order valence-corrected chi connectivity index (χ4v) is 3.21. The number of aryl methyl sites for hydroxylation is 1. The Balaban J connectivity index is 2.10. The highest BCUT2D eigenvalue weighted by molar-refractivity contribution is 5.93. The van der Waals surface area contributed by atoms with E-state index in [4.69, 9.17) is 14.9 Å². The molecule has 1 heterocycles. The molecule has 1 aromatic carbocycles. The Labute approximate surface area is 172 Å². The van der Waals surface area contributed by atoms with Crippen molar-refractivity contribution in [2.45, 2.75) is 50.6 Å². The lowest BCUT2D eigenvalue weighted by atomic mass is 9.94. The average Bonchev–Trinajstić information content (AvgIpc) is 2.69. The Hall–Kier alpha value is -3.18. The Morgan fingerprint density at radius 1 is 1.20 bits per heavy atom. The third-order valence-electron chi connectivity index (χ3n) is 4.58. The van der Waals surface area contributed by atoms with E-state index in [2.05, 4.69) is 15.4 Å². The standard InChI is InChI=1S/C19H24N2O9/c22-10-20-8-17(24)21-13-3-1-12(9-29-19(27)28)11(5-13)2-4-15-6-14(23)7-16(30-15)18(25)26/h1,3,5,10,14-16,23H,2,4,6-9H2,(H,20,22)(H,21,24)(H,25,26)(H,27,28). The van der Waals surface area contributed by atoms with Crippen LogP contribution in [0.3, 0.4) is 0 Å². The van der Waals surface area contributed by atoms with E-state index in [9.17, 15) is 24.3 Å². The molecule has 1 aromatic rings. The number of aliphatic carboxylic acids is 1. The van der Waals surface area contributed by atoms with Crippen molar-refractivity contribution >= 4 is 30.1 Å². The molecule has 3 atom stereocenters. The zero-order valence-corrected chi connectivity index (χ0v) is 16.1. The molecule has 0 radical (unpaired) electrons. The molecule has 1 fully saturated rings. The maximum Gasteiger partial charge on any atom is 0.506 e. The van der Waals surface area contributed by atoms with Crippen molar-refractivity contribution in [2.75, 3.05) is 11.9 Å². The van der Waals surface area contributed by atoms with Gasteiger partial charge in [0.05, 0.1) is 18.8 Å². The minimum Gasteiger partial charge on any atom is -0.479 e. The van der Waals surface area contributed by atoms with Crippen molar-refractivity contribution in [3.63, 3.8) is 0 Å². The monoisotopic (exact) mass is 424 g/mol. The molecule has 1 saturated heterocycles. The molecule has 0 saturated carbocycles. The molecule has 0 aromatic heterocycles. The number of carbonyl (C=O) groups is 4. The number of aliphatic hydroxyl groups is 1. The second kappa shape index (κ2) is 11.1. The number of aliphatic hydroxyl groups excluding tert-OH is 1. The average molecular weight is 424 g/mol. The Morgan fingerprint density at radius 2 is 1.97 bits per heavy atom. The summed E-state index contributed by atoms with van der Waals surface area (Å²) in [6.45, 7) is -0.398. The molecule has 30 heavy (non-hydrogen) atoms. The minimum atomic E-state index is -1.43. The Morgan fingerprint density at radius 3 is 2.63 bits per heavy atom. The van der Waals surface area contributed by atoms with Gasteiger partial charge in [0.2, 0.25) is 12.3 Å². The lowest BCUT2D eigenvalue weighted by Crippen LogP contribution is -2.40. The van der Waals surface area contributed by atoms with E-state index >= 15 is 0 Å². The fourth-order valence-electron chi connectivity index (χ4n) is 3.21. The summed E-state index contributed by atoms with van der Waals surface area (Å²) in [7, 11) is 0. The van der Waals surface area contributed by atoms with Gasteiger partial charge in [0.25, 0.3) is 0 Å². The minimum absolute atomic E-state index is 0.0277. The first-order valence-electron chi connectivity index (χ1n) is 9.29. The number of rotatable bonds is 10. The Kier molecular flexibility index (Phi) is 8.56. The van der Waals surface area contributed by atoms with E-state index in [1.165, 1.54) is 0 Å². The van der Waals surface area contributed by atoms with Crippen molar-refractivity contribution in [1.82, 2.24) is 5.32 Å². The van der Waals surface area contributed by atoms with E-state index < -0.39 is 36.3 Å². The van der Waals surface area contributed by atoms with Crippen LogP contribution in [0.15, 0.2) is 18.2 Å². The van der Waals surface area contributed by atoms with E-state index in [0.717, 1.165) is 0 Å². The lowest BCUT2D eigenvalue weighted by molar-refractivity contribution is -0.166. The van der Waals surface area contributed by atoms with Crippen LogP contribution in [0, 0.1) is 0 Å². The van der Waals surface area contributed by atoms with Crippen LogP contribution in [0.5, 0.6) is 0 Å². The van der Waals surface area contributed by atoms with Crippen LogP contribution in [0.25, 0.3) is 0 Å². The van der Waals surface area contributed by atoms with Gasteiger partial charge in [-0.3, -0.25) is 9.59 Å². The number of anilines is 1. The summed E-state index contributed by atoms with van der Waals surface area (Å²) in [5.41, 5.74) is 1.69. The predicted octanol–water partition coefficient (Wildman–Crippen LogP) is 0.491. The van der Waals surface area contributed by atoms with Gasteiger partial charge in [-0.15, -0.1) is 0 Å². The zero-order valence-electron chi connectivity index (χ0n) is 16.1. The SMILES string of the molecule is O=CNCC(=O)Nc1ccc(COC(=O)O)c(CCC2CC(O)CC(C(=O)O)O2)c1. The highest BCUT2D eigenvalue weighted by Crippen LogP contribution is 2.25. The normalized spacial score (nSPS) is 20.8. The van der Waals surface area contributed by atoms with Crippen LogP contribution < -0.4 is 10.6 Å². The number of carboxylic acids is 1. The summed E-state index contributed by atoms with van der Waals surface area (Å²) in [5, 5.41) is 32.6. The second-order valence-electron chi connectivity index (χ2n) is 6.83. The van der Waals surface area contributed by atoms with Gasteiger partial charge in [-0.05, 0) is 42.5 Å². The number of benzene rings is 1. The number of hydrogen-bond donors (Lipinski definition) is 5. The predicted molar refractivity (Wildman–Crippen MR) is 102 cm³/mol.